The minimum Gasteiger partial charge on any atom is -0.468 e. The third-order valence-corrected chi connectivity index (χ3v) is 8.36. The number of anilines is 1. The Bertz CT molecular complexity index is 1330. The normalized spacial score (nSPS) is 19.5. The third-order valence-electron chi connectivity index (χ3n) is 5.78. The van der Waals surface area contributed by atoms with E-state index in [0.717, 1.165) is 0 Å². The number of aromatic nitrogens is 2. The van der Waals surface area contributed by atoms with Gasteiger partial charge in [-0.15, -0.1) is 10.2 Å². The van der Waals surface area contributed by atoms with Crippen LogP contribution in [-0.2, 0) is 14.3 Å². The number of rotatable bonds is 5. The first kappa shape index (κ1) is 25.5. The number of benzene rings is 1. The molecule has 1 unspecified atom stereocenters. The number of carbonyl (C=O) groups is 2. The van der Waals surface area contributed by atoms with E-state index in [4.69, 9.17) is 28.9 Å². The topological polar surface area (TPSA) is 122 Å². The molecule has 35 heavy (non-hydrogen) atoms. The Balaban J connectivity index is 1.87. The smallest absolute Gasteiger partial charge is 0.316 e. The average Bonchev–Trinajstić information content (AvgIpc) is 3.24. The number of hydrogen-bond acceptors (Lipinski definition) is 10. The summed E-state index contributed by atoms with van der Waals surface area (Å²) >= 11 is 15.0. The van der Waals surface area contributed by atoms with Gasteiger partial charge in [0, 0.05) is 27.7 Å². The fourth-order valence-corrected chi connectivity index (χ4v) is 6.54. The molecule has 0 radical (unpaired) electrons. The summed E-state index contributed by atoms with van der Waals surface area (Å²) in [7, 11) is 1.32. The summed E-state index contributed by atoms with van der Waals surface area (Å²) in [6.45, 7) is 4.02. The molecule has 8 nitrogen and oxygen atoms in total. The molecule has 0 spiro atoms. The van der Waals surface area contributed by atoms with E-state index in [1.165, 1.54) is 30.2 Å². The number of ketones is 1. The summed E-state index contributed by atoms with van der Waals surface area (Å²) in [5.41, 5.74) is 8.18. The van der Waals surface area contributed by atoms with Crippen LogP contribution in [0, 0.1) is 16.7 Å². The van der Waals surface area contributed by atoms with Gasteiger partial charge in [-0.2, -0.15) is 5.26 Å². The number of esters is 1. The second-order valence-electron chi connectivity index (χ2n) is 8.86. The molecule has 0 saturated heterocycles. The van der Waals surface area contributed by atoms with Gasteiger partial charge in [0.25, 0.3) is 0 Å². The van der Waals surface area contributed by atoms with Crippen molar-refractivity contribution in [2.75, 3.05) is 17.8 Å². The van der Waals surface area contributed by atoms with Gasteiger partial charge in [0.15, 0.2) is 10.1 Å². The molecule has 182 valence electrons. The van der Waals surface area contributed by atoms with Crippen LogP contribution in [0.5, 0.6) is 0 Å². The van der Waals surface area contributed by atoms with Crippen molar-refractivity contribution >= 4 is 63.2 Å². The summed E-state index contributed by atoms with van der Waals surface area (Å²) < 4.78 is 5.21. The lowest BCUT2D eigenvalue weighted by Gasteiger charge is -2.42. The van der Waals surface area contributed by atoms with E-state index >= 15 is 0 Å². The number of Topliss-reactive ketones (excluding diaryl/α,β-unsaturated/α-hetero) is 1. The molecule has 2 aromatic rings. The number of carbonyl (C=O) groups excluding carboxylic acids is 2. The van der Waals surface area contributed by atoms with Crippen molar-refractivity contribution in [3.8, 4) is 6.07 Å². The highest BCUT2D eigenvalue weighted by atomic mass is 35.5. The number of methoxy groups -OCH3 is 1. The number of nitriles is 1. The second-order valence-corrected chi connectivity index (χ2v) is 11.9. The summed E-state index contributed by atoms with van der Waals surface area (Å²) in [4.78, 5) is 26.7. The van der Waals surface area contributed by atoms with E-state index in [9.17, 15) is 14.9 Å². The standard InChI is InChI=1S/C23H21Cl2N5O3S2/c1-23(2)7-15-19(16(31)8-23)18(12-5-4-11(24)6-14(12)25)13(9-26)20(27)30(15)21-28-29-22(35-21)34-10-17(32)33-3/h4-6,18H,7-8,10,27H2,1-3H3. The Labute approximate surface area is 220 Å². The fourth-order valence-electron chi connectivity index (χ4n) is 4.30. The molecule has 2 N–H and O–H groups in total. The van der Waals surface area contributed by atoms with Crippen molar-refractivity contribution in [2.24, 2.45) is 11.1 Å². The van der Waals surface area contributed by atoms with E-state index in [0.29, 0.717) is 49.2 Å². The molecule has 4 rings (SSSR count). The maximum absolute atomic E-state index is 13.6. The summed E-state index contributed by atoms with van der Waals surface area (Å²) in [6, 6.07) is 7.18. The number of ether oxygens (including phenoxy) is 1. The zero-order valence-corrected chi connectivity index (χ0v) is 22.2. The van der Waals surface area contributed by atoms with Crippen LogP contribution in [-0.4, -0.2) is 34.8 Å². The summed E-state index contributed by atoms with van der Waals surface area (Å²) in [5.74, 6) is -0.948. The molecule has 2 aliphatic rings. The Morgan fingerprint density at radius 3 is 2.77 bits per heavy atom. The molecule has 12 heteroatoms. The van der Waals surface area contributed by atoms with Crippen molar-refractivity contribution < 1.29 is 14.3 Å². The van der Waals surface area contributed by atoms with Gasteiger partial charge >= 0.3 is 5.97 Å². The van der Waals surface area contributed by atoms with Crippen LogP contribution in [0.4, 0.5) is 5.13 Å². The van der Waals surface area contributed by atoms with Crippen LogP contribution in [0.15, 0.2) is 45.2 Å². The van der Waals surface area contributed by atoms with Gasteiger partial charge < -0.3 is 10.5 Å². The average molecular weight is 550 g/mol. The highest BCUT2D eigenvalue weighted by molar-refractivity contribution is 8.01. The van der Waals surface area contributed by atoms with Crippen LogP contribution < -0.4 is 10.6 Å². The maximum Gasteiger partial charge on any atom is 0.316 e. The van der Waals surface area contributed by atoms with Gasteiger partial charge in [0.1, 0.15) is 5.82 Å². The molecule has 1 aliphatic carbocycles. The third kappa shape index (κ3) is 4.91. The molecule has 0 fully saturated rings. The molecule has 1 atom stereocenters. The lowest BCUT2D eigenvalue weighted by Crippen LogP contribution is -2.42. The largest absolute Gasteiger partial charge is 0.468 e. The highest BCUT2D eigenvalue weighted by Gasteiger charge is 2.45. The number of halogens is 2. The van der Waals surface area contributed by atoms with E-state index < -0.39 is 5.92 Å². The van der Waals surface area contributed by atoms with Crippen molar-refractivity contribution in [3.63, 3.8) is 0 Å². The zero-order valence-electron chi connectivity index (χ0n) is 19.1. The van der Waals surface area contributed by atoms with Gasteiger partial charge in [-0.1, -0.05) is 66.2 Å². The van der Waals surface area contributed by atoms with Gasteiger partial charge in [-0.05, 0) is 29.5 Å². The van der Waals surface area contributed by atoms with Gasteiger partial charge in [-0.3, -0.25) is 14.5 Å². The number of nitrogens with two attached hydrogens (primary N) is 1. The van der Waals surface area contributed by atoms with Crippen LogP contribution in [0.3, 0.4) is 0 Å². The van der Waals surface area contributed by atoms with Crippen LogP contribution >= 0.6 is 46.3 Å². The van der Waals surface area contributed by atoms with Crippen molar-refractivity contribution in [2.45, 2.75) is 36.9 Å². The Hall–Kier alpha value is -2.58. The number of thioether (sulfide) groups is 1. The van der Waals surface area contributed by atoms with E-state index in [2.05, 4.69) is 21.0 Å². The second kappa shape index (κ2) is 9.82. The zero-order chi connectivity index (χ0) is 25.5. The summed E-state index contributed by atoms with van der Waals surface area (Å²) in [6.07, 6.45) is 0.843. The van der Waals surface area contributed by atoms with Gasteiger partial charge in [0.05, 0.1) is 30.4 Å². The molecule has 1 aromatic carbocycles. The number of allylic oxidation sites excluding steroid dienone is 3. The monoisotopic (exact) mass is 549 g/mol. The fraction of sp³-hybridized carbons (Fsp3) is 0.348. The van der Waals surface area contributed by atoms with Crippen molar-refractivity contribution in [1.82, 2.24) is 10.2 Å². The molecule has 0 bridgehead atoms. The van der Waals surface area contributed by atoms with E-state index in [1.807, 2.05) is 13.8 Å². The van der Waals surface area contributed by atoms with Gasteiger partial charge in [0.2, 0.25) is 5.13 Å². The summed E-state index contributed by atoms with van der Waals surface area (Å²) in [5, 5.41) is 19.8. The molecule has 2 heterocycles. The number of hydrogen-bond donors (Lipinski definition) is 1. The van der Waals surface area contributed by atoms with Crippen LogP contribution in [0.25, 0.3) is 0 Å². The minimum atomic E-state index is -0.722. The van der Waals surface area contributed by atoms with E-state index in [-0.39, 0.29) is 34.3 Å². The van der Waals surface area contributed by atoms with Gasteiger partial charge in [-0.25, -0.2) is 0 Å². The first-order valence-electron chi connectivity index (χ1n) is 10.5. The molecule has 1 aliphatic heterocycles. The number of nitrogens with zero attached hydrogens (tertiary/aromatic N) is 4. The molecule has 0 amide bonds. The van der Waals surface area contributed by atoms with Crippen molar-refractivity contribution in [1.29, 1.82) is 5.26 Å². The quantitative estimate of drug-likeness (QED) is 0.402. The molecular weight excluding hydrogens is 529 g/mol. The first-order chi connectivity index (χ1) is 16.6. The predicted octanol–water partition coefficient (Wildman–Crippen LogP) is 5.05. The molecular formula is C23H21Cl2N5O3S2. The Kier molecular flexibility index (Phi) is 7.16. The predicted molar refractivity (Wildman–Crippen MR) is 136 cm³/mol. The highest BCUT2D eigenvalue weighted by Crippen LogP contribution is 2.51. The van der Waals surface area contributed by atoms with E-state index in [1.54, 1.807) is 23.1 Å². The Morgan fingerprint density at radius 1 is 1.37 bits per heavy atom. The minimum absolute atomic E-state index is 0.0799. The van der Waals surface area contributed by atoms with Crippen molar-refractivity contribution in [3.05, 3.63) is 56.5 Å². The molecule has 1 aromatic heterocycles. The first-order valence-corrected chi connectivity index (χ1v) is 13.1. The Morgan fingerprint density at radius 2 is 2.11 bits per heavy atom. The maximum atomic E-state index is 13.6. The lowest BCUT2D eigenvalue weighted by atomic mass is 9.68. The van der Waals surface area contributed by atoms with Crippen LogP contribution in [0.1, 0.15) is 38.2 Å². The van der Waals surface area contributed by atoms with Crippen LogP contribution in [0.2, 0.25) is 10.0 Å². The lowest BCUT2D eigenvalue weighted by molar-refractivity contribution is -0.137. The molecule has 0 saturated carbocycles. The SMILES string of the molecule is COC(=O)CSc1nnc(N2C(N)=C(C#N)C(c3ccc(Cl)cc3Cl)C3=C2CC(C)(C)CC3=O)s1.